The molecule has 4 aromatic carbocycles. The third kappa shape index (κ3) is 9.22. The molecule has 1 aliphatic carbocycles. The molecule has 0 unspecified atom stereocenters. The van der Waals surface area contributed by atoms with E-state index in [4.69, 9.17) is 9.47 Å². The number of nitrogens with zero attached hydrogens (tertiary/aromatic N) is 4. The highest BCUT2D eigenvalue weighted by molar-refractivity contribution is 7.90. The fourth-order valence-electron chi connectivity index (χ4n) is 9.52. The molecule has 3 N–H and O–H groups in total. The van der Waals surface area contributed by atoms with E-state index in [2.05, 4.69) is 84.4 Å². The zero-order chi connectivity index (χ0) is 44.5. The highest BCUT2D eigenvalue weighted by Crippen LogP contribution is 2.42. The largest absolute Gasteiger partial charge is 0.455 e. The number of fused-ring (bicyclic) bond motifs is 1. The van der Waals surface area contributed by atoms with E-state index in [1.165, 1.54) is 53.9 Å². The second-order valence-corrected chi connectivity index (χ2v) is 19.1. The predicted octanol–water partition coefficient (Wildman–Crippen LogP) is 9.48. The maximum Gasteiger partial charge on any atom is 0.293 e. The number of H-pyrrole nitrogens is 1. The summed E-state index contributed by atoms with van der Waals surface area (Å²) in [4.78, 5) is 37.6. The van der Waals surface area contributed by atoms with Gasteiger partial charge in [0, 0.05) is 68.8 Å². The monoisotopic (exact) mass is 893 g/mol. The van der Waals surface area contributed by atoms with Crippen molar-refractivity contribution in [3.8, 4) is 22.6 Å². The molecule has 10 rings (SSSR count). The summed E-state index contributed by atoms with van der Waals surface area (Å²) in [6.45, 7) is 4.82. The number of nitrogens with one attached hydrogen (secondary N) is 3. The number of benzene rings is 4. The summed E-state index contributed by atoms with van der Waals surface area (Å²) in [5.41, 5.74) is 7.30. The molecule has 65 heavy (non-hydrogen) atoms. The van der Waals surface area contributed by atoms with Crippen molar-refractivity contribution < 1.29 is 27.6 Å². The number of rotatable bonds is 14. The van der Waals surface area contributed by atoms with Crippen LogP contribution in [0.5, 0.6) is 11.5 Å². The third-order valence-corrected chi connectivity index (χ3v) is 14.5. The number of pyridine rings is 1. The maximum atomic E-state index is 14.0. The van der Waals surface area contributed by atoms with Crippen LogP contribution in [0.1, 0.15) is 72.5 Å². The van der Waals surface area contributed by atoms with Crippen LogP contribution < -0.4 is 19.7 Å². The molecule has 2 aromatic heterocycles. The van der Waals surface area contributed by atoms with Gasteiger partial charge >= 0.3 is 0 Å². The van der Waals surface area contributed by atoms with Crippen LogP contribution in [-0.2, 0) is 14.8 Å². The van der Waals surface area contributed by atoms with Crippen LogP contribution in [0, 0.1) is 16.0 Å². The van der Waals surface area contributed by atoms with E-state index in [1.54, 1.807) is 24.4 Å². The van der Waals surface area contributed by atoms with Crippen molar-refractivity contribution in [2.45, 2.75) is 61.9 Å². The van der Waals surface area contributed by atoms with Crippen molar-refractivity contribution in [2.24, 2.45) is 5.92 Å². The molecule has 14 nitrogen and oxygen atoms in total. The number of anilines is 2. The van der Waals surface area contributed by atoms with Crippen LogP contribution in [-0.4, -0.2) is 79.6 Å². The molecule has 1 saturated carbocycles. The molecule has 0 spiro atoms. The summed E-state index contributed by atoms with van der Waals surface area (Å²) in [6, 6.07) is 30.4. The number of ether oxygens (including phenoxy) is 2. The summed E-state index contributed by atoms with van der Waals surface area (Å²) >= 11 is 0. The first kappa shape index (κ1) is 42.4. The van der Waals surface area contributed by atoms with Gasteiger partial charge < -0.3 is 24.7 Å². The van der Waals surface area contributed by atoms with Gasteiger partial charge in [-0.05, 0) is 127 Å². The van der Waals surface area contributed by atoms with Gasteiger partial charge in [-0.15, -0.1) is 0 Å². The SMILES string of the molecule is O=C(NS(=O)(=O)c1ccc(NCC2CCOCC2)c([N+](=O)[O-])c1)c1ccc(-c2ccc(N3CCC[C@@H]3c3ccccc3C3=CCN(C4CC4)CC3)cc2)cc1Oc1cnc2[nH]ccc2c1. The van der Waals surface area contributed by atoms with Gasteiger partial charge in [0.1, 0.15) is 22.8 Å². The van der Waals surface area contributed by atoms with E-state index in [9.17, 15) is 23.3 Å². The van der Waals surface area contributed by atoms with Gasteiger partial charge in [-0.25, -0.2) is 18.1 Å². The Kier molecular flexibility index (Phi) is 11.8. The number of nitro benzene ring substituents is 1. The van der Waals surface area contributed by atoms with Crippen molar-refractivity contribution in [1.29, 1.82) is 0 Å². The fraction of sp³-hybridized carbons (Fsp3) is 0.320. The molecule has 6 aromatic rings. The number of aromatic nitrogens is 2. The Bertz CT molecular complexity index is 2890. The molecule has 1 atom stereocenters. The first-order valence-electron chi connectivity index (χ1n) is 22.5. The minimum Gasteiger partial charge on any atom is -0.455 e. The van der Waals surface area contributed by atoms with E-state index in [-0.39, 0.29) is 29.0 Å². The summed E-state index contributed by atoms with van der Waals surface area (Å²) < 4.78 is 41.3. The van der Waals surface area contributed by atoms with Gasteiger partial charge in [0.2, 0.25) is 0 Å². The first-order valence-corrected chi connectivity index (χ1v) is 24.0. The molecule has 3 fully saturated rings. The quantitative estimate of drug-likeness (QED) is 0.0703. The number of carbonyl (C=O) groups is 1. The van der Waals surface area contributed by atoms with Crippen LogP contribution in [0.4, 0.5) is 17.1 Å². The van der Waals surface area contributed by atoms with Crippen molar-refractivity contribution in [2.75, 3.05) is 49.6 Å². The molecule has 15 heteroatoms. The average Bonchev–Trinajstić information content (AvgIpc) is 3.88. The Hall–Kier alpha value is -6.55. The smallest absolute Gasteiger partial charge is 0.293 e. The number of amides is 1. The minimum atomic E-state index is -4.57. The lowest BCUT2D eigenvalue weighted by molar-refractivity contribution is -0.384. The third-order valence-electron chi connectivity index (χ3n) is 13.2. The highest BCUT2D eigenvalue weighted by atomic mass is 32.2. The molecular formula is C50H51N7O7S. The predicted molar refractivity (Wildman–Crippen MR) is 251 cm³/mol. The number of sulfonamides is 1. The van der Waals surface area contributed by atoms with Gasteiger partial charge in [-0.3, -0.25) is 19.8 Å². The summed E-state index contributed by atoms with van der Waals surface area (Å²) in [6.07, 6.45) is 13.2. The van der Waals surface area contributed by atoms with Crippen molar-refractivity contribution in [3.05, 3.63) is 142 Å². The molecule has 0 radical (unpaired) electrons. The standard InChI is InChI=1S/C50H51N7O7S/c58-50(54-65(61,62)41-14-16-45(47(30-41)57(59)60)52-31-33-20-26-63-27-21-33)44-15-9-36(29-48(44)64-40-28-37-17-22-51-49(37)53-32-40)34-7-10-39(11-8-34)56-23-3-6-46(56)43-5-2-1-4-42(43)35-18-24-55(25-19-35)38-12-13-38/h1-2,4-5,7-11,14-18,22,28-30,32-33,38,46,52H,3,6,12-13,19-21,23-27,31H2,(H,51,53)(H,54,58)/t46-/m1/s1. The van der Waals surface area contributed by atoms with Gasteiger partial charge in [0.15, 0.2) is 0 Å². The van der Waals surface area contributed by atoms with Crippen LogP contribution in [0.2, 0.25) is 0 Å². The van der Waals surface area contributed by atoms with Gasteiger partial charge in [-0.1, -0.05) is 48.5 Å². The maximum absolute atomic E-state index is 14.0. The van der Waals surface area contributed by atoms with Crippen molar-refractivity contribution in [3.63, 3.8) is 0 Å². The van der Waals surface area contributed by atoms with Crippen LogP contribution in [0.15, 0.2) is 120 Å². The van der Waals surface area contributed by atoms with Gasteiger partial charge in [-0.2, -0.15) is 0 Å². The molecule has 4 aliphatic rings. The van der Waals surface area contributed by atoms with Crippen molar-refractivity contribution >= 4 is 49.6 Å². The number of nitro groups is 1. The average molecular weight is 894 g/mol. The van der Waals surface area contributed by atoms with Gasteiger partial charge in [0.25, 0.3) is 21.6 Å². The van der Waals surface area contributed by atoms with Crippen LogP contribution in [0.3, 0.4) is 0 Å². The van der Waals surface area contributed by atoms with E-state index in [1.807, 2.05) is 6.07 Å². The van der Waals surface area contributed by atoms with Crippen LogP contribution in [0.25, 0.3) is 27.7 Å². The Morgan fingerprint density at radius 1 is 0.923 bits per heavy atom. The Labute approximate surface area is 377 Å². The van der Waals surface area contributed by atoms with E-state index < -0.39 is 31.4 Å². The minimum absolute atomic E-state index is 0.0562. The second kappa shape index (κ2) is 18.1. The second-order valence-electron chi connectivity index (χ2n) is 17.4. The topological polar surface area (TPSA) is 172 Å². The van der Waals surface area contributed by atoms with Crippen LogP contribution >= 0.6 is 0 Å². The number of hydrogen-bond donors (Lipinski definition) is 3. The molecule has 334 valence electrons. The zero-order valence-electron chi connectivity index (χ0n) is 35.9. The summed E-state index contributed by atoms with van der Waals surface area (Å²) in [7, 11) is -4.57. The van der Waals surface area contributed by atoms with E-state index in [0.29, 0.717) is 31.2 Å². The fourth-order valence-corrected chi connectivity index (χ4v) is 10.5. The zero-order valence-corrected chi connectivity index (χ0v) is 36.8. The molecule has 0 bridgehead atoms. The molecule has 3 aliphatic heterocycles. The summed E-state index contributed by atoms with van der Waals surface area (Å²) in [5, 5.41) is 16.0. The van der Waals surface area contributed by atoms with E-state index in [0.717, 1.165) is 86.0 Å². The lowest BCUT2D eigenvalue weighted by Crippen LogP contribution is -2.31. The Morgan fingerprint density at radius 3 is 2.52 bits per heavy atom. The van der Waals surface area contributed by atoms with E-state index >= 15 is 0 Å². The summed E-state index contributed by atoms with van der Waals surface area (Å²) in [5.74, 6) is -0.256. The Morgan fingerprint density at radius 2 is 1.74 bits per heavy atom. The molecule has 2 saturated heterocycles. The number of hydrogen-bond acceptors (Lipinski definition) is 11. The molecule has 5 heterocycles. The number of carbonyl (C=O) groups excluding carboxylic acids is 1. The lowest BCUT2D eigenvalue weighted by atomic mass is 9.90. The normalized spacial score (nSPS) is 18.4. The number of aromatic amines is 1. The molecular weight excluding hydrogens is 843 g/mol. The Balaban J connectivity index is 0.901. The lowest BCUT2D eigenvalue weighted by Gasteiger charge is -2.31. The van der Waals surface area contributed by atoms with Gasteiger partial charge in [0.05, 0.1) is 27.6 Å². The highest BCUT2D eigenvalue weighted by Gasteiger charge is 2.33. The van der Waals surface area contributed by atoms with Crippen molar-refractivity contribution in [1.82, 2.24) is 19.6 Å². The first-order chi connectivity index (χ1) is 31.7. The molecule has 1 amide bonds.